The second-order valence-electron chi connectivity index (χ2n) is 4.71. The van der Waals surface area contributed by atoms with E-state index in [0.29, 0.717) is 24.7 Å². The highest BCUT2D eigenvalue weighted by molar-refractivity contribution is 5.94. The van der Waals surface area contributed by atoms with Crippen LogP contribution in [-0.2, 0) is 4.74 Å². The molecule has 1 saturated heterocycles. The number of rotatable bonds is 5. The number of hydrogen-bond donors (Lipinski definition) is 0. The van der Waals surface area contributed by atoms with E-state index in [9.17, 15) is 9.18 Å². The SMILES string of the molecule is CCC1COCCN1CCC(=O)c1ccc(F)cn1. The number of ketones is 1. The van der Waals surface area contributed by atoms with Gasteiger partial charge in [-0.05, 0) is 18.6 Å². The van der Waals surface area contributed by atoms with Gasteiger partial charge in [0.1, 0.15) is 11.5 Å². The number of morpholine rings is 1. The van der Waals surface area contributed by atoms with Crippen molar-refractivity contribution in [2.24, 2.45) is 0 Å². The molecule has 4 nitrogen and oxygen atoms in total. The van der Waals surface area contributed by atoms with Crippen molar-refractivity contribution in [2.45, 2.75) is 25.8 Å². The van der Waals surface area contributed by atoms with Crippen LogP contribution >= 0.6 is 0 Å². The molecule has 0 bridgehead atoms. The Bertz CT molecular complexity index is 422. The van der Waals surface area contributed by atoms with Crippen molar-refractivity contribution in [1.82, 2.24) is 9.88 Å². The summed E-state index contributed by atoms with van der Waals surface area (Å²) < 4.78 is 18.2. The lowest BCUT2D eigenvalue weighted by Gasteiger charge is -2.34. The Hall–Kier alpha value is -1.33. The summed E-state index contributed by atoms with van der Waals surface area (Å²) >= 11 is 0. The average Bonchev–Trinajstić information content (AvgIpc) is 2.45. The Labute approximate surface area is 112 Å². The minimum Gasteiger partial charge on any atom is -0.378 e. The van der Waals surface area contributed by atoms with Crippen molar-refractivity contribution in [1.29, 1.82) is 0 Å². The first-order valence-corrected chi connectivity index (χ1v) is 6.67. The molecule has 1 aromatic heterocycles. The highest BCUT2D eigenvalue weighted by Gasteiger charge is 2.22. The van der Waals surface area contributed by atoms with Gasteiger partial charge in [-0.2, -0.15) is 0 Å². The zero-order chi connectivity index (χ0) is 13.7. The summed E-state index contributed by atoms with van der Waals surface area (Å²) in [5.74, 6) is -0.461. The molecular formula is C14H19FN2O2. The van der Waals surface area contributed by atoms with Crippen LogP contribution in [-0.4, -0.2) is 48.0 Å². The molecule has 0 saturated carbocycles. The Morgan fingerprint density at radius 2 is 2.42 bits per heavy atom. The summed E-state index contributed by atoms with van der Waals surface area (Å²) in [5.41, 5.74) is 0.336. The van der Waals surface area contributed by atoms with Gasteiger partial charge in [-0.15, -0.1) is 0 Å². The zero-order valence-corrected chi connectivity index (χ0v) is 11.1. The van der Waals surface area contributed by atoms with Gasteiger partial charge in [0.2, 0.25) is 0 Å². The molecule has 2 rings (SSSR count). The highest BCUT2D eigenvalue weighted by atomic mass is 19.1. The Morgan fingerprint density at radius 1 is 1.58 bits per heavy atom. The number of aromatic nitrogens is 1. The molecule has 0 spiro atoms. The van der Waals surface area contributed by atoms with Crippen LogP contribution in [0.3, 0.4) is 0 Å². The first-order chi connectivity index (χ1) is 9.20. The molecule has 104 valence electrons. The molecule has 2 heterocycles. The molecule has 0 radical (unpaired) electrons. The van der Waals surface area contributed by atoms with Crippen LogP contribution in [0, 0.1) is 5.82 Å². The van der Waals surface area contributed by atoms with Crippen molar-refractivity contribution in [3.8, 4) is 0 Å². The minimum atomic E-state index is -0.421. The van der Waals surface area contributed by atoms with Crippen molar-refractivity contribution < 1.29 is 13.9 Å². The molecule has 1 aliphatic rings. The number of pyridine rings is 1. The maximum atomic E-state index is 12.7. The number of halogens is 1. The molecule has 1 unspecified atom stereocenters. The number of nitrogens with zero attached hydrogens (tertiary/aromatic N) is 2. The largest absolute Gasteiger partial charge is 0.378 e. The van der Waals surface area contributed by atoms with Crippen LogP contribution in [0.4, 0.5) is 4.39 Å². The lowest BCUT2D eigenvalue weighted by molar-refractivity contribution is -0.00840. The number of carbonyl (C=O) groups is 1. The maximum absolute atomic E-state index is 12.7. The highest BCUT2D eigenvalue weighted by Crippen LogP contribution is 2.11. The van der Waals surface area contributed by atoms with E-state index >= 15 is 0 Å². The molecule has 1 atom stereocenters. The van der Waals surface area contributed by atoms with Crippen LogP contribution in [0.15, 0.2) is 18.3 Å². The fraction of sp³-hybridized carbons (Fsp3) is 0.571. The first-order valence-electron chi connectivity index (χ1n) is 6.67. The molecule has 0 aliphatic carbocycles. The summed E-state index contributed by atoms with van der Waals surface area (Å²) in [5, 5.41) is 0. The molecule has 0 amide bonds. The standard InChI is InChI=1S/C14H19FN2O2/c1-2-12-10-19-8-7-17(12)6-5-14(18)13-4-3-11(15)9-16-13/h3-4,9,12H,2,5-8,10H2,1H3. The van der Waals surface area contributed by atoms with Gasteiger partial charge in [-0.3, -0.25) is 14.7 Å². The minimum absolute atomic E-state index is 0.0404. The number of ether oxygens (including phenoxy) is 1. The lowest BCUT2D eigenvalue weighted by Crippen LogP contribution is -2.45. The van der Waals surface area contributed by atoms with Crippen LogP contribution in [0.5, 0.6) is 0 Å². The van der Waals surface area contributed by atoms with E-state index in [4.69, 9.17) is 4.74 Å². The molecule has 0 aromatic carbocycles. The smallest absolute Gasteiger partial charge is 0.182 e. The van der Waals surface area contributed by atoms with Crippen molar-refractivity contribution in [2.75, 3.05) is 26.3 Å². The fourth-order valence-electron chi connectivity index (χ4n) is 2.27. The van der Waals surface area contributed by atoms with Gasteiger partial charge in [0, 0.05) is 25.6 Å². The predicted octanol–water partition coefficient (Wildman–Crippen LogP) is 1.90. The van der Waals surface area contributed by atoms with E-state index in [1.54, 1.807) is 0 Å². The summed E-state index contributed by atoms with van der Waals surface area (Å²) in [4.78, 5) is 18.0. The maximum Gasteiger partial charge on any atom is 0.182 e. The van der Waals surface area contributed by atoms with E-state index in [-0.39, 0.29) is 5.78 Å². The second-order valence-corrected chi connectivity index (χ2v) is 4.71. The van der Waals surface area contributed by atoms with Gasteiger partial charge in [0.25, 0.3) is 0 Å². The van der Waals surface area contributed by atoms with E-state index < -0.39 is 5.82 Å². The average molecular weight is 266 g/mol. The molecule has 0 N–H and O–H groups in total. The first kappa shape index (κ1) is 14.1. The molecule has 1 aromatic rings. The molecule has 1 aliphatic heterocycles. The van der Waals surface area contributed by atoms with E-state index in [1.807, 2.05) is 0 Å². The van der Waals surface area contributed by atoms with Crippen LogP contribution in [0.25, 0.3) is 0 Å². The van der Waals surface area contributed by atoms with Crippen molar-refractivity contribution in [3.63, 3.8) is 0 Å². The second kappa shape index (κ2) is 6.73. The van der Waals surface area contributed by atoms with Crippen LogP contribution < -0.4 is 0 Å². The third-order valence-corrected chi connectivity index (χ3v) is 3.46. The summed E-state index contributed by atoms with van der Waals surface area (Å²) in [6.07, 6.45) is 2.51. The monoisotopic (exact) mass is 266 g/mol. The van der Waals surface area contributed by atoms with Gasteiger partial charge in [-0.25, -0.2) is 4.39 Å². The summed E-state index contributed by atoms with van der Waals surface area (Å²) in [6, 6.07) is 3.10. The topological polar surface area (TPSA) is 42.4 Å². The van der Waals surface area contributed by atoms with Crippen molar-refractivity contribution >= 4 is 5.78 Å². The zero-order valence-electron chi connectivity index (χ0n) is 11.1. The Balaban J connectivity index is 1.87. The van der Waals surface area contributed by atoms with Gasteiger partial charge in [-0.1, -0.05) is 6.92 Å². The lowest BCUT2D eigenvalue weighted by atomic mass is 10.1. The third-order valence-electron chi connectivity index (χ3n) is 3.46. The Morgan fingerprint density at radius 3 is 3.11 bits per heavy atom. The van der Waals surface area contributed by atoms with E-state index in [1.165, 1.54) is 12.1 Å². The third kappa shape index (κ3) is 3.81. The van der Waals surface area contributed by atoms with Crippen LogP contribution in [0.2, 0.25) is 0 Å². The number of hydrogen-bond acceptors (Lipinski definition) is 4. The van der Waals surface area contributed by atoms with Gasteiger partial charge in [0.15, 0.2) is 5.78 Å². The predicted molar refractivity (Wildman–Crippen MR) is 69.6 cm³/mol. The molecule has 19 heavy (non-hydrogen) atoms. The van der Waals surface area contributed by atoms with E-state index in [0.717, 1.165) is 32.4 Å². The Kier molecular flexibility index (Phi) is 4.99. The van der Waals surface area contributed by atoms with Gasteiger partial charge in [0.05, 0.1) is 19.4 Å². The molecule has 5 heteroatoms. The number of carbonyl (C=O) groups excluding carboxylic acids is 1. The molecule has 1 fully saturated rings. The van der Waals surface area contributed by atoms with Crippen LogP contribution in [0.1, 0.15) is 30.3 Å². The molecular weight excluding hydrogens is 247 g/mol. The fourth-order valence-corrected chi connectivity index (χ4v) is 2.27. The summed E-state index contributed by atoms with van der Waals surface area (Å²) in [7, 11) is 0. The number of Topliss-reactive ketones (excluding diaryl/α,β-unsaturated/α-hetero) is 1. The van der Waals surface area contributed by atoms with Gasteiger partial charge < -0.3 is 4.74 Å². The summed E-state index contributed by atoms with van der Waals surface area (Å²) in [6.45, 7) is 5.15. The van der Waals surface area contributed by atoms with Crippen molar-refractivity contribution in [3.05, 3.63) is 29.8 Å². The van der Waals surface area contributed by atoms with E-state index in [2.05, 4.69) is 16.8 Å². The van der Waals surface area contributed by atoms with Gasteiger partial charge >= 0.3 is 0 Å². The normalized spacial score (nSPS) is 20.4. The quantitative estimate of drug-likeness (QED) is 0.763.